The Kier molecular flexibility index (Phi) is 3.57. The van der Waals surface area contributed by atoms with Gasteiger partial charge in [-0.2, -0.15) is 0 Å². The minimum Gasteiger partial charge on any atom is -0.461 e. The topological polar surface area (TPSA) is 70.1 Å². The summed E-state index contributed by atoms with van der Waals surface area (Å²) in [6, 6.07) is 4.02. The van der Waals surface area contributed by atoms with Gasteiger partial charge in [0.1, 0.15) is 12.6 Å². The van der Waals surface area contributed by atoms with Crippen LogP contribution in [0.3, 0.4) is 0 Å². The van der Waals surface area contributed by atoms with Crippen molar-refractivity contribution in [3.8, 4) is 0 Å². The Balaban J connectivity index is 1.84. The van der Waals surface area contributed by atoms with Crippen molar-refractivity contribution in [3.63, 3.8) is 0 Å². The third kappa shape index (κ3) is 2.73. The number of anilines is 1. The van der Waals surface area contributed by atoms with Crippen LogP contribution in [-0.4, -0.2) is 21.6 Å². The van der Waals surface area contributed by atoms with E-state index in [1.54, 1.807) is 4.57 Å². The molecular formula is C16H21N3O2. The van der Waals surface area contributed by atoms with Gasteiger partial charge in [-0.25, -0.2) is 4.98 Å². The van der Waals surface area contributed by atoms with Gasteiger partial charge < -0.3 is 10.5 Å². The lowest BCUT2D eigenvalue weighted by Gasteiger charge is -2.12. The molecule has 0 unspecified atom stereocenters. The number of carbonyl (C=O) groups excluding carboxylic acids is 1. The summed E-state index contributed by atoms with van der Waals surface area (Å²) in [5, 5.41) is 0. The smallest absolute Gasteiger partial charge is 0.326 e. The molecule has 1 aromatic heterocycles. The Bertz CT molecular complexity index is 684. The fraction of sp³-hybridized carbons (Fsp3) is 0.500. The molecule has 0 bridgehead atoms. The standard InChI is InChI=1S/C16H21N3O2/c1-10-7-13-14(8-11(10)2)19(16(17)18-13)9-15(20)21-12-5-3-4-6-12/h7-8,12H,3-6,9H2,1-2H3,(H2,17,18). The molecule has 1 aromatic carbocycles. The second kappa shape index (κ2) is 5.39. The quantitative estimate of drug-likeness (QED) is 0.881. The van der Waals surface area contributed by atoms with Gasteiger partial charge in [-0.05, 0) is 62.8 Å². The lowest BCUT2D eigenvalue weighted by atomic mass is 10.1. The highest BCUT2D eigenvalue weighted by Crippen LogP contribution is 2.24. The van der Waals surface area contributed by atoms with E-state index in [1.807, 2.05) is 26.0 Å². The number of carbonyl (C=O) groups is 1. The summed E-state index contributed by atoms with van der Waals surface area (Å²) in [6.45, 7) is 4.21. The average Bonchev–Trinajstić information content (AvgIpc) is 3.01. The molecule has 5 nitrogen and oxygen atoms in total. The SMILES string of the molecule is Cc1cc2nc(N)n(CC(=O)OC3CCCC3)c2cc1C. The largest absolute Gasteiger partial charge is 0.461 e. The van der Waals surface area contributed by atoms with Crippen LogP contribution in [0.5, 0.6) is 0 Å². The van der Waals surface area contributed by atoms with Crippen LogP contribution in [0.2, 0.25) is 0 Å². The summed E-state index contributed by atoms with van der Waals surface area (Å²) >= 11 is 0. The van der Waals surface area contributed by atoms with Crippen molar-refractivity contribution in [1.82, 2.24) is 9.55 Å². The van der Waals surface area contributed by atoms with E-state index in [0.29, 0.717) is 5.95 Å². The van der Waals surface area contributed by atoms with Gasteiger partial charge in [0.2, 0.25) is 5.95 Å². The maximum absolute atomic E-state index is 12.1. The number of aryl methyl sites for hydroxylation is 2. The van der Waals surface area contributed by atoms with Crippen molar-refractivity contribution in [2.75, 3.05) is 5.73 Å². The number of nitrogens with zero attached hydrogens (tertiary/aromatic N) is 2. The van der Waals surface area contributed by atoms with Crippen LogP contribution in [-0.2, 0) is 16.1 Å². The van der Waals surface area contributed by atoms with Gasteiger partial charge in [0.25, 0.3) is 0 Å². The first-order chi connectivity index (χ1) is 10.0. The zero-order valence-electron chi connectivity index (χ0n) is 12.6. The van der Waals surface area contributed by atoms with Crippen LogP contribution >= 0.6 is 0 Å². The van der Waals surface area contributed by atoms with E-state index in [2.05, 4.69) is 4.98 Å². The van der Waals surface area contributed by atoms with Crippen LogP contribution in [0.15, 0.2) is 12.1 Å². The number of hydrogen-bond acceptors (Lipinski definition) is 4. The minimum absolute atomic E-state index is 0.0810. The summed E-state index contributed by atoms with van der Waals surface area (Å²) < 4.78 is 7.23. The number of rotatable bonds is 3. The van der Waals surface area contributed by atoms with E-state index in [4.69, 9.17) is 10.5 Å². The van der Waals surface area contributed by atoms with Gasteiger partial charge in [0.15, 0.2) is 0 Å². The number of aromatic nitrogens is 2. The Hall–Kier alpha value is -2.04. The van der Waals surface area contributed by atoms with Crippen molar-refractivity contribution >= 4 is 23.0 Å². The van der Waals surface area contributed by atoms with Gasteiger partial charge in [-0.15, -0.1) is 0 Å². The van der Waals surface area contributed by atoms with Crippen LogP contribution < -0.4 is 5.73 Å². The molecular weight excluding hydrogens is 266 g/mol. The second-order valence-corrected chi connectivity index (χ2v) is 5.88. The summed E-state index contributed by atoms with van der Waals surface area (Å²) in [5.41, 5.74) is 9.99. The molecule has 1 fully saturated rings. The molecule has 112 valence electrons. The lowest BCUT2D eigenvalue weighted by Crippen LogP contribution is -2.20. The molecule has 0 aliphatic heterocycles. The van der Waals surface area contributed by atoms with E-state index >= 15 is 0 Å². The number of esters is 1. The van der Waals surface area contributed by atoms with E-state index < -0.39 is 0 Å². The number of ether oxygens (including phenoxy) is 1. The van der Waals surface area contributed by atoms with Crippen molar-refractivity contribution in [3.05, 3.63) is 23.3 Å². The molecule has 0 atom stereocenters. The number of fused-ring (bicyclic) bond motifs is 1. The van der Waals surface area contributed by atoms with E-state index in [9.17, 15) is 4.79 Å². The molecule has 2 N–H and O–H groups in total. The number of imidazole rings is 1. The fourth-order valence-corrected chi connectivity index (χ4v) is 2.92. The Morgan fingerprint density at radius 3 is 2.71 bits per heavy atom. The molecule has 0 radical (unpaired) electrons. The summed E-state index contributed by atoms with van der Waals surface area (Å²) in [5.74, 6) is 0.129. The van der Waals surface area contributed by atoms with Crippen LogP contribution in [0, 0.1) is 13.8 Å². The molecule has 0 amide bonds. The summed E-state index contributed by atoms with van der Waals surface area (Å²) in [6.07, 6.45) is 4.32. The maximum Gasteiger partial charge on any atom is 0.326 e. The molecule has 3 rings (SSSR count). The maximum atomic E-state index is 12.1. The number of nitrogen functional groups attached to an aromatic ring is 1. The van der Waals surface area contributed by atoms with E-state index in [0.717, 1.165) is 42.3 Å². The van der Waals surface area contributed by atoms with Gasteiger partial charge in [0, 0.05) is 0 Å². The predicted molar refractivity (Wildman–Crippen MR) is 82.0 cm³/mol. The molecule has 1 aliphatic carbocycles. The molecule has 21 heavy (non-hydrogen) atoms. The van der Waals surface area contributed by atoms with Crippen molar-refractivity contribution in [2.45, 2.75) is 52.2 Å². The molecule has 2 aromatic rings. The highest BCUT2D eigenvalue weighted by Gasteiger charge is 2.20. The zero-order chi connectivity index (χ0) is 15.0. The van der Waals surface area contributed by atoms with Gasteiger partial charge in [-0.1, -0.05) is 0 Å². The fourth-order valence-electron chi connectivity index (χ4n) is 2.92. The van der Waals surface area contributed by atoms with Gasteiger partial charge in [0.05, 0.1) is 11.0 Å². The van der Waals surface area contributed by atoms with E-state index in [-0.39, 0.29) is 18.6 Å². The molecule has 5 heteroatoms. The Morgan fingerprint density at radius 2 is 2.00 bits per heavy atom. The first-order valence-corrected chi connectivity index (χ1v) is 7.47. The summed E-state index contributed by atoms with van der Waals surface area (Å²) in [4.78, 5) is 16.4. The lowest BCUT2D eigenvalue weighted by molar-refractivity contribution is -0.149. The first kappa shape index (κ1) is 13.9. The number of benzene rings is 1. The summed E-state index contributed by atoms with van der Waals surface area (Å²) in [7, 11) is 0. The normalized spacial score (nSPS) is 15.7. The van der Waals surface area contributed by atoms with Crippen LogP contribution in [0.1, 0.15) is 36.8 Å². The first-order valence-electron chi connectivity index (χ1n) is 7.47. The van der Waals surface area contributed by atoms with Crippen LogP contribution in [0.25, 0.3) is 11.0 Å². The highest BCUT2D eigenvalue weighted by molar-refractivity contribution is 5.82. The molecule has 1 aliphatic rings. The molecule has 0 spiro atoms. The molecule has 0 saturated heterocycles. The third-order valence-electron chi connectivity index (χ3n) is 4.28. The third-order valence-corrected chi connectivity index (χ3v) is 4.28. The van der Waals surface area contributed by atoms with Gasteiger partial charge >= 0.3 is 5.97 Å². The predicted octanol–water partition coefficient (Wildman–Crippen LogP) is 2.72. The Morgan fingerprint density at radius 1 is 1.33 bits per heavy atom. The zero-order valence-corrected chi connectivity index (χ0v) is 12.6. The minimum atomic E-state index is -0.230. The average molecular weight is 287 g/mol. The van der Waals surface area contributed by atoms with Gasteiger partial charge in [-0.3, -0.25) is 9.36 Å². The molecule has 1 saturated carbocycles. The highest BCUT2D eigenvalue weighted by atomic mass is 16.5. The number of hydrogen-bond donors (Lipinski definition) is 1. The monoisotopic (exact) mass is 287 g/mol. The molecule has 1 heterocycles. The van der Waals surface area contributed by atoms with Crippen LogP contribution in [0.4, 0.5) is 5.95 Å². The second-order valence-electron chi connectivity index (χ2n) is 5.88. The van der Waals surface area contributed by atoms with Crippen molar-refractivity contribution in [1.29, 1.82) is 0 Å². The Labute approximate surface area is 124 Å². The van der Waals surface area contributed by atoms with E-state index in [1.165, 1.54) is 5.56 Å². The number of nitrogens with two attached hydrogens (primary N) is 1. The van der Waals surface area contributed by atoms with Crippen molar-refractivity contribution < 1.29 is 9.53 Å². The van der Waals surface area contributed by atoms with Crippen molar-refractivity contribution in [2.24, 2.45) is 0 Å².